The molecule has 0 aliphatic carbocycles. The summed E-state index contributed by atoms with van der Waals surface area (Å²) in [5, 5.41) is 15.9. The first-order valence-corrected chi connectivity index (χ1v) is 12.8. The quantitative estimate of drug-likeness (QED) is 0.215. The number of para-hydroxylation sites is 1. The van der Waals surface area contributed by atoms with Gasteiger partial charge in [0.2, 0.25) is 0 Å². The molecule has 2 aromatic carbocycles. The zero-order valence-electron chi connectivity index (χ0n) is 21.9. The first kappa shape index (κ1) is 26.3. The van der Waals surface area contributed by atoms with Crippen molar-refractivity contribution in [3.63, 3.8) is 0 Å². The van der Waals surface area contributed by atoms with Crippen molar-refractivity contribution >= 4 is 23.4 Å². The van der Waals surface area contributed by atoms with Crippen molar-refractivity contribution in [1.29, 1.82) is 0 Å². The lowest BCUT2D eigenvalue weighted by Crippen LogP contribution is -2.42. The van der Waals surface area contributed by atoms with E-state index in [0.717, 1.165) is 18.8 Å². The largest absolute Gasteiger partial charge is 0.507 e. The predicted octanol–water partition coefficient (Wildman–Crippen LogP) is 2.72. The molecule has 1 amide bonds. The number of aliphatic hydroxyl groups excluding tert-OH is 1. The van der Waals surface area contributed by atoms with Crippen molar-refractivity contribution in [3.05, 3.63) is 88.8 Å². The Morgan fingerprint density at radius 2 is 1.74 bits per heavy atom. The van der Waals surface area contributed by atoms with E-state index in [1.54, 1.807) is 35.9 Å². The van der Waals surface area contributed by atoms with Gasteiger partial charge in [0.1, 0.15) is 5.76 Å². The van der Waals surface area contributed by atoms with Gasteiger partial charge in [0.05, 0.1) is 60.6 Å². The molecule has 0 saturated carbocycles. The molecule has 2 fully saturated rings. The molecule has 2 aliphatic rings. The minimum atomic E-state index is -0.836. The number of carbonyl (C=O) groups is 3. The van der Waals surface area contributed by atoms with E-state index in [2.05, 4.69) is 10.00 Å². The molecule has 2 aliphatic heterocycles. The predicted molar refractivity (Wildman–Crippen MR) is 142 cm³/mol. The van der Waals surface area contributed by atoms with Crippen LogP contribution in [0.3, 0.4) is 0 Å². The molecule has 10 heteroatoms. The second kappa shape index (κ2) is 11.2. The number of methoxy groups -OCH3 is 1. The summed E-state index contributed by atoms with van der Waals surface area (Å²) < 4.78 is 11.9. The second-order valence-electron chi connectivity index (χ2n) is 9.45. The number of carbonyl (C=O) groups excluding carboxylic acids is 3. The summed E-state index contributed by atoms with van der Waals surface area (Å²) >= 11 is 0. The van der Waals surface area contributed by atoms with Crippen LogP contribution in [0.1, 0.15) is 33.2 Å². The lowest BCUT2D eigenvalue weighted by atomic mass is 9.94. The third-order valence-corrected chi connectivity index (χ3v) is 7.21. The van der Waals surface area contributed by atoms with Gasteiger partial charge in [-0.25, -0.2) is 9.48 Å². The van der Waals surface area contributed by atoms with Gasteiger partial charge in [-0.15, -0.1) is 0 Å². The van der Waals surface area contributed by atoms with Gasteiger partial charge in [-0.05, 0) is 36.8 Å². The third kappa shape index (κ3) is 5.08. The molecule has 0 spiro atoms. The number of likely N-dealkylation sites (tertiary alicyclic amines) is 1. The van der Waals surface area contributed by atoms with Crippen LogP contribution in [0.5, 0.6) is 0 Å². The number of hydrogen-bond donors (Lipinski definition) is 1. The minimum absolute atomic E-state index is 0.0106. The zero-order valence-corrected chi connectivity index (χ0v) is 21.9. The summed E-state index contributed by atoms with van der Waals surface area (Å²) in [6.45, 7) is 5.33. The van der Waals surface area contributed by atoms with E-state index in [0.29, 0.717) is 42.1 Å². The highest BCUT2D eigenvalue weighted by Gasteiger charge is 2.46. The van der Waals surface area contributed by atoms with Crippen molar-refractivity contribution in [2.45, 2.75) is 13.0 Å². The molecule has 0 unspecified atom stereocenters. The monoisotopic (exact) mass is 530 g/mol. The summed E-state index contributed by atoms with van der Waals surface area (Å²) in [7, 11) is 1.30. The maximum atomic E-state index is 13.4. The Morgan fingerprint density at radius 1 is 1.05 bits per heavy atom. The van der Waals surface area contributed by atoms with E-state index in [1.165, 1.54) is 18.2 Å². The Morgan fingerprint density at radius 3 is 2.41 bits per heavy atom. The first-order valence-electron chi connectivity index (χ1n) is 12.8. The highest BCUT2D eigenvalue weighted by atomic mass is 16.5. The average molecular weight is 531 g/mol. The Labute approximate surface area is 226 Å². The summed E-state index contributed by atoms with van der Waals surface area (Å²) in [6, 6.07) is 15.1. The summed E-state index contributed by atoms with van der Waals surface area (Å²) in [5.41, 5.74) is 2.71. The van der Waals surface area contributed by atoms with E-state index in [1.807, 2.05) is 30.3 Å². The Bertz CT molecular complexity index is 1410. The normalized spacial score (nSPS) is 19.4. The molecule has 39 heavy (non-hydrogen) atoms. The highest BCUT2D eigenvalue weighted by Crippen LogP contribution is 2.40. The van der Waals surface area contributed by atoms with Crippen molar-refractivity contribution in [2.75, 3.05) is 46.5 Å². The molecular weight excluding hydrogens is 500 g/mol. The van der Waals surface area contributed by atoms with Crippen LogP contribution in [-0.2, 0) is 19.1 Å². The van der Waals surface area contributed by atoms with Crippen LogP contribution in [0.15, 0.2) is 66.4 Å². The van der Waals surface area contributed by atoms with Gasteiger partial charge < -0.3 is 19.5 Å². The van der Waals surface area contributed by atoms with Gasteiger partial charge in [0, 0.05) is 26.2 Å². The fourth-order valence-corrected chi connectivity index (χ4v) is 5.07. The van der Waals surface area contributed by atoms with Gasteiger partial charge in [0.15, 0.2) is 0 Å². The fourth-order valence-electron chi connectivity index (χ4n) is 5.07. The molecule has 3 heterocycles. The van der Waals surface area contributed by atoms with Crippen LogP contribution in [0.2, 0.25) is 0 Å². The molecule has 10 nitrogen and oxygen atoms in total. The van der Waals surface area contributed by atoms with Gasteiger partial charge in [0.25, 0.3) is 11.7 Å². The van der Waals surface area contributed by atoms with E-state index in [9.17, 15) is 19.5 Å². The van der Waals surface area contributed by atoms with Gasteiger partial charge in [-0.1, -0.05) is 30.3 Å². The second-order valence-corrected chi connectivity index (χ2v) is 9.45. The number of aromatic nitrogens is 2. The van der Waals surface area contributed by atoms with Gasteiger partial charge >= 0.3 is 5.97 Å². The van der Waals surface area contributed by atoms with E-state index in [-0.39, 0.29) is 17.9 Å². The number of morpholine rings is 1. The Kier molecular flexibility index (Phi) is 7.58. The first-order chi connectivity index (χ1) is 18.9. The lowest BCUT2D eigenvalue weighted by molar-refractivity contribution is -0.140. The molecule has 2 saturated heterocycles. The number of esters is 1. The topological polar surface area (TPSA) is 114 Å². The van der Waals surface area contributed by atoms with Crippen molar-refractivity contribution in [2.24, 2.45) is 0 Å². The van der Waals surface area contributed by atoms with Crippen LogP contribution in [0.4, 0.5) is 0 Å². The van der Waals surface area contributed by atoms with Crippen LogP contribution in [0.25, 0.3) is 11.4 Å². The van der Waals surface area contributed by atoms with Crippen molar-refractivity contribution < 1.29 is 29.0 Å². The van der Waals surface area contributed by atoms with E-state index in [4.69, 9.17) is 9.47 Å². The van der Waals surface area contributed by atoms with Gasteiger partial charge in [-0.2, -0.15) is 5.10 Å². The summed E-state index contributed by atoms with van der Waals surface area (Å²) in [5.74, 6) is -2.22. The SMILES string of the molecule is COC(=O)c1ccc([C@@H]2C(=C(O)c3cnn(-c4ccccc4)c3C)C(=O)C(=O)N2CCN2CCOCC2)cc1. The van der Waals surface area contributed by atoms with Crippen LogP contribution in [-0.4, -0.2) is 88.8 Å². The summed E-state index contributed by atoms with van der Waals surface area (Å²) in [4.78, 5) is 42.4. The molecule has 0 radical (unpaired) electrons. The number of ketones is 1. The molecule has 1 N–H and O–H groups in total. The molecule has 5 rings (SSSR count). The molecule has 1 atom stereocenters. The van der Waals surface area contributed by atoms with Gasteiger partial charge in [-0.3, -0.25) is 14.5 Å². The van der Waals surface area contributed by atoms with E-state index < -0.39 is 23.7 Å². The fraction of sp³-hybridized carbons (Fsp3) is 0.310. The Balaban J connectivity index is 1.56. The maximum Gasteiger partial charge on any atom is 0.337 e. The standard InChI is InChI=1S/C29H30N4O6/c1-19-23(18-30-33(19)22-6-4-3-5-7-22)26(34)24-25(20-8-10-21(11-9-20)29(37)38-2)32(28(36)27(24)35)13-12-31-14-16-39-17-15-31/h3-11,18,25,34H,12-17H2,1-2H3/t25-/m1/s1. The van der Waals surface area contributed by atoms with E-state index >= 15 is 0 Å². The van der Waals surface area contributed by atoms with Crippen molar-refractivity contribution in [3.8, 4) is 5.69 Å². The number of amides is 1. The molecule has 1 aromatic heterocycles. The highest BCUT2D eigenvalue weighted by molar-refractivity contribution is 6.46. The molecule has 3 aromatic rings. The number of Topliss-reactive ketones (excluding diaryl/α,β-unsaturated/α-hetero) is 1. The smallest absolute Gasteiger partial charge is 0.337 e. The number of aliphatic hydroxyl groups is 1. The number of ether oxygens (including phenoxy) is 2. The van der Waals surface area contributed by atoms with Crippen LogP contribution < -0.4 is 0 Å². The van der Waals surface area contributed by atoms with Crippen molar-refractivity contribution in [1.82, 2.24) is 19.6 Å². The van der Waals surface area contributed by atoms with Crippen LogP contribution in [0, 0.1) is 6.92 Å². The number of hydrogen-bond acceptors (Lipinski definition) is 8. The lowest BCUT2D eigenvalue weighted by Gasteiger charge is -2.31. The third-order valence-electron chi connectivity index (χ3n) is 7.21. The minimum Gasteiger partial charge on any atom is -0.507 e. The number of benzene rings is 2. The molecule has 202 valence electrons. The zero-order chi connectivity index (χ0) is 27.5. The Hall–Kier alpha value is -4.28. The number of rotatable bonds is 7. The maximum absolute atomic E-state index is 13.4. The average Bonchev–Trinajstić information content (AvgIpc) is 3.48. The number of nitrogens with zero attached hydrogens (tertiary/aromatic N) is 4. The molecule has 0 bridgehead atoms. The summed E-state index contributed by atoms with van der Waals surface area (Å²) in [6.07, 6.45) is 1.50. The van der Waals surface area contributed by atoms with Crippen LogP contribution >= 0.6 is 0 Å². The molecular formula is C29H30N4O6.